The van der Waals surface area contributed by atoms with Gasteiger partial charge >= 0.3 is 26.9 Å². The van der Waals surface area contributed by atoms with Gasteiger partial charge in [0.1, 0.15) is 0 Å². The summed E-state index contributed by atoms with van der Waals surface area (Å²) < 4.78 is 28.4. The zero-order valence-corrected chi connectivity index (χ0v) is 3.91. The van der Waals surface area contributed by atoms with Crippen molar-refractivity contribution in [3.05, 3.63) is 0 Å². The van der Waals surface area contributed by atoms with Crippen LogP contribution in [0.2, 0.25) is 0 Å². The van der Waals surface area contributed by atoms with Crippen LogP contribution in [0.15, 0.2) is 0 Å². The summed E-state index contributed by atoms with van der Waals surface area (Å²) in [4.78, 5) is 8.33. The zero-order valence-electron chi connectivity index (χ0n) is 3.02. The summed E-state index contributed by atoms with van der Waals surface area (Å²) in [7, 11) is -5.89. The van der Waals surface area contributed by atoms with Crippen LogP contribution in [0.25, 0.3) is 0 Å². The van der Waals surface area contributed by atoms with E-state index in [0.29, 0.717) is 0 Å². The van der Waals surface area contributed by atoms with Crippen LogP contribution in [0, 0.1) is 0 Å². The maximum atomic E-state index is 10.0. The van der Waals surface area contributed by atoms with E-state index in [4.69, 9.17) is 9.46 Å². The van der Waals surface area contributed by atoms with Crippen molar-refractivity contribution in [2.75, 3.05) is 0 Å². The summed E-state index contributed by atoms with van der Waals surface area (Å²) in [5, 5.41) is 0. The van der Waals surface area contributed by atoms with Gasteiger partial charge in [-0.05, 0) is 0 Å². The maximum Gasteiger partial charge on any atom is 1.00 e. The van der Waals surface area contributed by atoms with E-state index in [2.05, 4.69) is 0 Å². The Kier molecular flexibility index (Phi) is 4.52. The van der Waals surface area contributed by atoms with Crippen LogP contribution < -0.4 is 23.8 Å². The largest absolute Gasteiger partial charge is 1.00 e. The third kappa shape index (κ3) is 148. The molecule has 0 aliphatic heterocycles. The van der Waals surface area contributed by atoms with Crippen molar-refractivity contribution in [1.82, 2.24) is 0 Å². The van der Waals surface area contributed by atoms with Gasteiger partial charge in [0.05, 0.1) is 0 Å². The first kappa shape index (κ1) is 9.82. The van der Waals surface area contributed by atoms with Crippen molar-refractivity contribution in [1.29, 1.82) is 0 Å². The molecule has 0 spiro atoms. The van der Waals surface area contributed by atoms with Crippen LogP contribution >= 0.6 is 7.99 Å². The van der Waals surface area contributed by atoms with Crippen molar-refractivity contribution in [3.63, 3.8) is 0 Å². The fourth-order valence-electron chi connectivity index (χ4n) is 0. The van der Waals surface area contributed by atoms with Gasteiger partial charge in [0, 0.05) is 0 Å². The van der Waals surface area contributed by atoms with E-state index in [1.165, 1.54) is 0 Å². The fourth-order valence-corrected chi connectivity index (χ4v) is 0. The van der Waals surface area contributed by atoms with E-state index in [-0.39, 0.29) is 18.9 Å². The van der Waals surface area contributed by atoms with Crippen molar-refractivity contribution >= 4 is 7.99 Å². The summed E-state index contributed by atoms with van der Waals surface area (Å²) >= 11 is 0. The van der Waals surface area contributed by atoms with Crippen LogP contribution in [-0.4, -0.2) is 0 Å². The molecular formula is F2LiO2P. The van der Waals surface area contributed by atoms with Gasteiger partial charge in [-0.15, -0.1) is 0 Å². The first-order valence-electron chi connectivity index (χ1n) is 0.703. The molecule has 0 bridgehead atoms. The molecule has 6 heteroatoms. The molecule has 0 fully saturated rings. The average Bonchev–Trinajstić information content (AvgIpc) is 0.722. The smallest absolute Gasteiger partial charge is 0.749 e. The van der Waals surface area contributed by atoms with E-state index < -0.39 is 7.99 Å². The van der Waals surface area contributed by atoms with Gasteiger partial charge in [-0.25, -0.2) is 0 Å². The third-order valence-corrected chi connectivity index (χ3v) is 0. The minimum atomic E-state index is -5.89. The minimum Gasteiger partial charge on any atom is -0.749 e. The Hall–Kier alpha value is 0.647. The molecule has 0 aromatic carbocycles. The molecule has 0 N–H and O–H groups in total. The van der Waals surface area contributed by atoms with E-state index in [9.17, 15) is 8.39 Å². The second-order valence-electron chi connectivity index (χ2n) is 0.414. The average molecular weight is 108 g/mol. The molecule has 0 unspecified atom stereocenters. The van der Waals surface area contributed by atoms with E-state index in [0.717, 1.165) is 0 Å². The molecule has 0 aromatic heterocycles. The van der Waals surface area contributed by atoms with Crippen LogP contribution in [0.5, 0.6) is 0 Å². The summed E-state index contributed by atoms with van der Waals surface area (Å²) in [6, 6.07) is 0. The van der Waals surface area contributed by atoms with Crippen molar-refractivity contribution < 1.29 is 36.7 Å². The second kappa shape index (κ2) is 2.76. The van der Waals surface area contributed by atoms with Gasteiger partial charge in [-0.3, -0.25) is 4.57 Å². The minimum absolute atomic E-state index is 0. The van der Waals surface area contributed by atoms with Crippen molar-refractivity contribution in [2.24, 2.45) is 0 Å². The third-order valence-electron chi connectivity index (χ3n) is 0. The molecule has 0 amide bonds. The summed E-state index contributed by atoms with van der Waals surface area (Å²) in [5.41, 5.74) is 0. The van der Waals surface area contributed by atoms with Crippen LogP contribution in [0.4, 0.5) is 8.39 Å². The molecule has 0 saturated carbocycles. The Balaban J connectivity index is 0. The second-order valence-corrected chi connectivity index (χ2v) is 1.24. The number of rotatable bonds is 0. The maximum absolute atomic E-state index is 10.0. The molecule has 0 aliphatic rings. The number of halogens is 2. The number of hydrogen-bond acceptors (Lipinski definition) is 2. The standard InChI is InChI=1S/F2HO2P.Li/c1-5(2,3)4;/h(H,3,4);/q;+1/p-1. The van der Waals surface area contributed by atoms with E-state index in [1.807, 2.05) is 0 Å². The van der Waals surface area contributed by atoms with Gasteiger partial charge in [0.15, 0.2) is 0 Å². The van der Waals surface area contributed by atoms with Crippen LogP contribution in [-0.2, 0) is 4.57 Å². The first-order chi connectivity index (χ1) is 2.00. The topological polar surface area (TPSA) is 40.1 Å². The van der Waals surface area contributed by atoms with Gasteiger partial charge < -0.3 is 4.89 Å². The Morgan fingerprint density at radius 1 is 1.50 bits per heavy atom. The summed E-state index contributed by atoms with van der Waals surface area (Å²) in [6.45, 7) is 0. The van der Waals surface area contributed by atoms with Gasteiger partial charge in [0.25, 0.3) is 0 Å². The molecule has 0 aromatic rings. The Morgan fingerprint density at radius 2 is 1.50 bits per heavy atom. The molecule has 0 radical (unpaired) electrons. The predicted molar refractivity (Wildman–Crippen MR) is 9.82 cm³/mol. The molecule has 0 heterocycles. The van der Waals surface area contributed by atoms with Gasteiger partial charge in [-0.2, -0.15) is 8.39 Å². The summed E-state index contributed by atoms with van der Waals surface area (Å²) in [6.07, 6.45) is 0. The molecule has 0 aliphatic carbocycles. The van der Waals surface area contributed by atoms with E-state index in [1.54, 1.807) is 0 Å². The Morgan fingerprint density at radius 3 is 1.50 bits per heavy atom. The molecular weight excluding hydrogens is 108 g/mol. The Bertz CT molecular complexity index is 57.7. The zero-order chi connectivity index (χ0) is 4.50. The molecule has 0 atom stereocenters. The number of hydrogen-bond donors (Lipinski definition) is 0. The van der Waals surface area contributed by atoms with Gasteiger partial charge in [0.2, 0.25) is 0 Å². The molecule has 0 rings (SSSR count). The Labute approximate surface area is 45.4 Å². The predicted octanol–water partition coefficient (Wildman–Crippen LogP) is -2.60. The normalized spacial score (nSPS) is 9.83. The van der Waals surface area contributed by atoms with Gasteiger partial charge in [-0.1, -0.05) is 0 Å². The van der Waals surface area contributed by atoms with Crippen LogP contribution in [0.1, 0.15) is 0 Å². The molecule has 0 saturated heterocycles. The summed E-state index contributed by atoms with van der Waals surface area (Å²) in [5.74, 6) is 0. The SMILES string of the molecule is O=P([O-])(F)F.[Li+]. The molecule has 2 nitrogen and oxygen atoms in total. The molecule has 6 heavy (non-hydrogen) atoms. The first-order valence-corrected chi connectivity index (χ1v) is 2.11. The van der Waals surface area contributed by atoms with E-state index >= 15 is 0 Å². The quantitative estimate of drug-likeness (QED) is 0.252. The van der Waals surface area contributed by atoms with Crippen LogP contribution in [0.3, 0.4) is 0 Å². The monoisotopic (exact) mass is 108 g/mol. The molecule has 32 valence electrons. The van der Waals surface area contributed by atoms with Crippen molar-refractivity contribution in [3.8, 4) is 0 Å². The fraction of sp³-hybridized carbons (Fsp3) is 0. The van der Waals surface area contributed by atoms with Crippen molar-refractivity contribution in [2.45, 2.75) is 0 Å².